The fourth-order valence-electron chi connectivity index (χ4n) is 6.42. The molecule has 1 fully saturated rings. The van der Waals surface area contributed by atoms with Gasteiger partial charge in [0, 0.05) is 17.1 Å². The number of aromatic hydroxyl groups is 1. The van der Waals surface area contributed by atoms with Gasteiger partial charge in [-0.3, -0.25) is 24.1 Å². The van der Waals surface area contributed by atoms with Gasteiger partial charge in [0.2, 0.25) is 5.78 Å². The summed E-state index contributed by atoms with van der Waals surface area (Å²) in [6, 6.07) is 8.76. The lowest BCUT2D eigenvalue weighted by molar-refractivity contribution is -0.153. The quantitative estimate of drug-likeness (QED) is 0.290. The average molecular weight is 533 g/mol. The summed E-state index contributed by atoms with van der Waals surface area (Å²) in [5.74, 6) is -7.12. The van der Waals surface area contributed by atoms with Gasteiger partial charge in [0.25, 0.3) is 5.91 Å². The maximum absolute atomic E-state index is 13.9. The molecule has 3 aliphatic rings. The normalized spacial score (nSPS) is 26.3. The standard InChI is InChI=1S/C29H28N2O8/c1-12(32)13-5-4-6-14(9-13)16-7-8-19(33)21-17(16)10-15-11-18-23(31(2)3)25(35)22(28(30)38)27(37)29(18,39)26(36)20(15)24(21)34/h4-9,15,18,23,33-34,37,39H,10-11H2,1-3H3,(H2,30,38)/t15-,18-,23-,29-/m1/s1. The van der Waals surface area contributed by atoms with E-state index in [2.05, 4.69) is 0 Å². The van der Waals surface area contributed by atoms with Crippen molar-refractivity contribution in [1.82, 2.24) is 4.90 Å². The molecule has 0 aromatic heterocycles. The summed E-state index contributed by atoms with van der Waals surface area (Å²) >= 11 is 0. The molecule has 0 spiro atoms. The summed E-state index contributed by atoms with van der Waals surface area (Å²) in [4.78, 5) is 52.6. The van der Waals surface area contributed by atoms with Crippen molar-refractivity contribution in [2.45, 2.75) is 31.4 Å². The number of fused-ring (bicyclic) bond motifs is 3. The summed E-state index contributed by atoms with van der Waals surface area (Å²) in [6.45, 7) is 1.45. The van der Waals surface area contributed by atoms with Crippen molar-refractivity contribution in [2.75, 3.05) is 14.1 Å². The van der Waals surface area contributed by atoms with E-state index < -0.39 is 58.0 Å². The van der Waals surface area contributed by atoms with E-state index in [4.69, 9.17) is 5.73 Å². The van der Waals surface area contributed by atoms with E-state index in [-0.39, 0.29) is 35.5 Å². The highest BCUT2D eigenvalue weighted by Crippen LogP contribution is 2.53. The summed E-state index contributed by atoms with van der Waals surface area (Å²) < 4.78 is 0. The smallest absolute Gasteiger partial charge is 0.255 e. The topological polar surface area (TPSA) is 178 Å². The van der Waals surface area contributed by atoms with Crippen LogP contribution in [0.5, 0.6) is 5.75 Å². The van der Waals surface area contributed by atoms with Crippen LogP contribution in [0.15, 0.2) is 53.3 Å². The number of benzene rings is 2. The molecule has 0 bridgehead atoms. The number of primary amides is 1. The largest absolute Gasteiger partial charge is 0.508 e. The number of nitrogens with two attached hydrogens (primary N) is 1. The maximum Gasteiger partial charge on any atom is 0.255 e. The Labute approximate surface area is 223 Å². The Balaban J connectivity index is 1.73. The monoisotopic (exact) mass is 532 g/mol. The first-order valence-electron chi connectivity index (χ1n) is 12.4. The Kier molecular flexibility index (Phi) is 6.00. The highest BCUT2D eigenvalue weighted by molar-refractivity contribution is 6.24. The first-order chi connectivity index (χ1) is 18.3. The molecule has 0 radical (unpaired) electrons. The molecule has 0 saturated heterocycles. The van der Waals surface area contributed by atoms with Crippen molar-refractivity contribution in [3.8, 4) is 16.9 Å². The summed E-state index contributed by atoms with van der Waals surface area (Å²) in [5, 5.41) is 44.7. The third kappa shape index (κ3) is 3.63. The molecule has 0 unspecified atom stereocenters. The molecule has 1 amide bonds. The van der Waals surface area contributed by atoms with Gasteiger partial charge in [-0.15, -0.1) is 0 Å². The van der Waals surface area contributed by atoms with E-state index >= 15 is 0 Å². The Hall–Kier alpha value is -4.28. The van der Waals surface area contributed by atoms with Gasteiger partial charge in [0.15, 0.2) is 17.2 Å². The number of phenolic OH excluding ortho intramolecular Hbond substituents is 1. The molecule has 0 heterocycles. The molecule has 2 aromatic carbocycles. The molecule has 10 heteroatoms. The Bertz CT molecular complexity index is 1550. The Morgan fingerprint density at radius 1 is 1.08 bits per heavy atom. The molecule has 202 valence electrons. The predicted molar refractivity (Wildman–Crippen MR) is 140 cm³/mol. The van der Waals surface area contributed by atoms with Crippen LogP contribution in [0.2, 0.25) is 0 Å². The number of phenols is 1. The SMILES string of the molecule is CC(=O)c1cccc(-c2ccc(O)c3c2C[C@@H]2C[C@@H]4[C@@H](N(C)C)C(=O)C(C(N)=O)=C(O)[C@]4(O)C(=O)C2=C3O)c1. The van der Waals surface area contributed by atoms with Crippen molar-refractivity contribution >= 4 is 29.0 Å². The lowest BCUT2D eigenvalue weighted by Gasteiger charge is -2.50. The van der Waals surface area contributed by atoms with E-state index in [0.717, 1.165) is 0 Å². The molecule has 6 N–H and O–H groups in total. The van der Waals surface area contributed by atoms with E-state index in [0.29, 0.717) is 22.3 Å². The molecule has 3 aliphatic carbocycles. The van der Waals surface area contributed by atoms with Gasteiger partial charge < -0.3 is 26.2 Å². The molecule has 5 rings (SSSR count). The number of hydrogen-bond acceptors (Lipinski definition) is 9. The number of ketones is 3. The minimum atomic E-state index is -2.69. The van der Waals surface area contributed by atoms with Crippen LogP contribution in [0.1, 0.15) is 34.8 Å². The van der Waals surface area contributed by atoms with Gasteiger partial charge in [0.05, 0.1) is 11.6 Å². The van der Waals surface area contributed by atoms with Gasteiger partial charge in [-0.25, -0.2) is 0 Å². The zero-order chi connectivity index (χ0) is 28.5. The lowest BCUT2D eigenvalue weighted by atomic mass is 9.57. The van der Waals surface area contributed by atoms with Gasteiger partial charge in [-0.1, -0.05) is 24.3 Å². The summed E-state index contributed by atoms with van der Waals surface area (Å²) in [7, 11) is 3.09. The number of nitrogens with zero attached hydrogens (tertiary/aromatic N) is 1. The number of Topliss-reactive ketones (excluding diaryl/α,β-unsaturated/α-hetero) is 3. The highest BCUT2D eigenvalue weighted by atomic mass is 16.3. The molecule has 1 saturated carbocycles. The van der Waals surface area contributed by atoms with Gasteiger partial charge >= 0.3 is 0 Å². The molecular formula is C29H28N2O8. The first kappa shape index (κ1) is 26.3. The molecular weight excluding hydrogens is 504 g/mol. The second-order valence-corrected chi connectivity index (χ2v) is 10.6. The zero-order valence-corrected chi connectivity index (χ0v) is 21.6. The molecule has 39 heavy (non-hydrogen) atoms. The number of likely N-dealkylation sites (N-methyl/N-ethyl adjacent to an activating group) is 1. The van der Waals surface area contributed by atoms with E-state index in [1.165, 1.54) is 17.9 Å². The Morgan fingerprint density at radius 2 is 1.77 bits per heavy atom. The molecule has 10 nitrogen and oxygen atoms in total. The minimum Gasteiger partial charge on any atom is -0.508 e. The van der Waals surface area contributed by atoms with E-state index in [1.54, 1.807) is 44.4 Å². The average Bonchev–Trinajstić information content (AvgIpc) is 2.86. The summed E-state index contributed by atoms with van der Waals surface area (Å²) in [6.07, 6.45) is 0.150. The number of aliphatic hydroxyl groups excluding tert-OH is 2. The zero-order valence-electron chi connectivity index (χ0n) is 21.6. The lowest BCUT2D eigenvalue weighted by Crippen LogP contribution is -2.65. The van der Waals surface area contributed by atoms with Crippen LogP contribution in [0.4, 0.5) is 0 Å². The maximum atomic E-state index is 13.9. The predicted octanol–water partition coefficient (Wildman–Crippen LogP) is 1.83. The Morgan fingerprint density at radius 3 is 2.38 bits per heavy atom. The van der Waals surface area contributed by atoms with Crippen LogP contribution in [0.3, 0.4) is 0 Å². The fraction of sp³-hybridized carbons (Fsp3) is 0.310. The second kappa shape index (κ2) is 8.89. The van der Waals surface area contributed by atoms with Crippen LogP contribution < -0.4 is 5.73 Å². The van der Waals surface area contributed by atoms with Crippen molar-refractivity contribution in [3.63, 3.8) is 0 Å². The van der Waals surface area contributed by atoms with Crippen LogP contribution >= 0.6 is 0 Å². The number of carbonyl (C=O) groups is 4. The molecule has 0 aliphatic heterocycles. The van der Waals surface area contributed by atoms with Crippen LogP contribution in [0, 0.1) is 11.8 Å². The van der Waals surface area contributed by atoms with E-state index in [1.807, 2.05) is 0 Å². The number of carbonyl (C=O) groups excluding carboxylic acids is 4. The van der Waals surface area contributed by atoms with E-state index in [9.17, 15) is 39.6 Å². The van der Waals surface area contributed by atoms with Crippen molar-refractivity contribution < 1.29 is 39.6 Å². The molecule has 4 atom stereocenters. The number of amides is 1. The number of aliphatic hydroxyl groups is 3. The molecule has 2 aromatic rings. The van der Waals surface area contributed by atoms with Crippen molar-refractivity contribution in [2.24, 2.45) is 17.6 Å². The summed E-state index contributed by atoms with van der Waals surface area (Å²) in [5.41, 5.74) is 3.89. The van der Waals surface area contributed by atoms with Crippen LogP contribution in [0.25, 0.3) is 16.9 Å². The van der Waals surface area contributed by atoms with Crippen LogP contribution in [-0.4, -0.2) is 74.3 Å². The van der Waals surface area contributed by atoms with Gasteiger partial charge in [-0.05, 0) is 68.6 Å². The minimum absolute atomic E-state index is 0.00276. The third-order valence-corrected chi connectivity index (χ3v) is 8.18. The highest BCUT2D eigenvalue weighted by Gasteiger charge is 2.64. The van der Waals surface area contributed by atoms with Gasteiger partial charge in [0.1, 0.15) is 22.8 Å². The second-order valence-electron chi connectivity index (χ2n) is 10.6. The number of rotatable bonds is 4. The van der Waals surface area contributed by atoms with Crippen LogP contribution in [-0.2, 0) is 20.8 Å². The number of hydrogen-bond donors (Lipinski definition) is 5. The van der Waals surface area contributed by atoms with Gasteiger partial charge in [-0.2, -0.15) is 0 Å². The van der Waals surface area contributed by atoms with Crippen molar-refractivity contribution in [3.05, 3.63) is 70.0 Å². The first-order valence-corrected chi connectivity index (χ1v) is 12.4. The fourth-order valence-corrected chi connectivity index (χ4v) is 6.42. The van der Waals surface area contributed by atoms with Crippen molar-refractivity contribution in [1.29, 1.82) is 0 Å². The third-order valence-electron chi connectivity index (χ3n) is 8.18.